The van der Waals surface area contributed by atoms with E-state index in [1.54, 1.807) is 109 Å². The van der Waals surface area contributed by atoms with Gasteiger partial charge in [0.2, 0.25) is 100 Å². The fraction of sp³-hybridized carbons (Fsp3) is 0.759. The molecule has 0 unspecified atom stereocenters. The normalized spacial score (nSPS) is 16.2. The number of carbonyl (C=O) groups is 20. The first kappa shape index (κ1) is 115. The van der Waals surface area contributed by atoms with Crippen molar-refractivity contribution in [2.75, 3.05) is 43.7 Å². The summed E-state index contributed by atoms with van der Waals surface area (Å²) in [6, 6.07) is -21.2. The molecule has 0 aromatic carbocycles. The maximum Gasteiger partial charge on any atom is 0.326 e. The summed E-state index contributed by atoms with van der Waals surface area (Å²) in [6.07, 6.45) is 1.31. The van der Waals surface area contributed by atoms with Crippen molar-refractivity contribution >= 4 is 142 Å². The maximum absolute atomic E-state index is 14.6. The SMILES string of the molecule is CC[C@H](C)[C@H](NC(=O)[C@H](CC(C)C)NC(=O)[C@H](CCC(N)=O)NC(=O)[C@@H](NC(=O)[C@H](CC(C)C)NC(=O)[C@H](CCCCN)NC(=O)[C@H](CC(C)C)NC(=O)[C@H](CC(=O)O)NC(=O)[C@H](CCSC)NC(=O)CNC(=O)[C@H](CCSC)NC(=O)[C@H](CCC(N)=O)NC(=O)[C@@H]1CCCN1C(=O)[C@H](CC(C)C)NC(=O)[C@H](CC(C)C)NC(=O)[C@@H](N)CCC(=O)O)C(C)C)C(=O)O. The Morgan fingerprint density at radius 1 is 0.394 bits per heavy atom. The molecule has 1 rings (SSSR count). The van der Waals surface area contributed by atoms with Crippen LogP contribution in [0, 0.1) is 41.4 Å². The zero-order chi connectivity index (χ0) is 96.8. The molecule has 42 nitrogen and oxygen atoms in total. The van der Waals surface area contributed by atoms with Gasteiger partial charge in [-0.1, -0.05) is 103 Å². The number of nitrogens with zero attached hydrogens (tertiary/aromatic N) is 1. The van der Waals surface area contributed by atoms with Gasteiger partial charge in [0.05, 0.1) is 19.0 Å². The van der Waals surface area contributed by atoms with Crippen LogP contribution in [0.25, 0.3) is 0 Å². The third-order valence-electron chi connectivity index (χ3n) is 20.7. The Hall–Kier alpha value is -9.98. The molecule has 0 radical (unpaired) electrons. The van der Waals surface area contributed by atoms with Gasteiger partial charge in [0.25, 0.3) is 0 Å². The van der Waals surface area contributed by atoms with Crippen LogP contribution >= 0.6 is 23.5 Å². The number of nitrogens with two attached hydrogens (primary N) is 4. The number of carboxylic acids is 3. The van der Waals surface area contributed by atoms with Crippen LogP contribution in [0.3, 0.4) is 0 Å². The molecule has 1 aliphatic rings. The zero-order valence-electron chi connectivity index (χ0n) is 76.5. The first-order valence-corrected chi connectivity index (χ1v) is 46.4. The minimum Gasteiger partial charge on any atom is -0.481 e. The molecule has 1 saturated heterocycles. The number of hydrogen-bond donors (Lipinski definition) is 21. The predicted octanol–water partition coefficient (Wildman–Crippen LogP) is -1.75. The fourth-order valence-electron chi connectivity index (χ4n) is 13.7. The molecule has 1 fully saturated rings. The molecule has 17 amide bonds. The Balaban J connectivity index is 3.57. The van der Waals surface area contributed by atoms with E-state index in [1.807, 2.05) is 0 Å². The van der Waals surface area contributed by atoms with Crippen LogP contribution in [0.4, 0.5) is 0 Å². The maximum atomic E-state index is 14.6. The van der Waals surface area contributed by atoms with E-state index < -0.39 is 253 Å². The van der Waals surface area contributed by atoms with Crippen LogP contribution in [-0.2, 0) is 95.9 Å². The standard InChI is InChI=1S/C83H145N19O23S2/c1-17-48(14)68(83(124)125)101-79(120)58(38-45(8)9)96-73(114)52(25-27-63(87)104)93-81(122)67(47(12)13)100-78(119)57(37-44(6)7)95-71(112)50(21-18-19-31-84)90-75(116)56(36-43(4)5)97-77(118)59(40-66(108)109)98-74(115)54(30-34-127-16)89-64(105)41-88-70(111)53(29-33-126-15)91-72(113)51(24-26-62(86)103)92-80(121)61-22-20-32-102(61)82(123)60(39-46(10)11)99-76(117)55(35-42(2)3)94-69(110)49(85)23-28-65(106)107/h42-61,67-68H,17-41,84-85H2,1-16H3,(H2,86,103)(H2,87,104)(H,88,111)(H,89,105)(H,90,116)(H,91,113)(H,92,121)(H,93,122)(H,94,110)(H,95,112)(H,96,114)(H,97,118)(H,98,115)(H,99,117)(H,100,119)(H,101,120)(H,106,107)(H,108,109)(H,124,125)/t48-,49-,50-,51-,52-,53-,54-,55-,56-,57-,58-,59-,60-,61-,67-,68-/m0/s1. The molecule has 0 aromatic heterocycles. The molecule has 0 spiro atoms. The number of rotatable bonds is 64. The Morgan fingerprint density at radius 3 is 1.16 bits per heavy atom. The molecule has 1 aliphatic heterocycles. The highest BCUT2D eigenvalue weighted by atomic mass is 32.2. The molecular formula is C83H145N19O23S2. The zero-order valence-corrected chi connectivity index (χ0v) is 78.1. The lowest BCUT2D eigenvalue weighted by molar-refractivity contribution is -0.144. The number of thioether (sulfide) groups is 2. The van der Waals surface area contributed by atoms with Gasteiger partial charge >= 0.3 is 17.9 Å². The Kier molecular flexibility index (Phi) is 54.3. The van der Waals surface area contributed by atoms with E-state index in [0.717, 1.165) is 0 Å². The molecule has 44 heteroatoms. The molecule has 0 bridgehead atoms. The van der Waals surface area contributed by atoms with Gasteiger partial charge in [0, 0.05) is 25.8 Å². The van der Waals surface area contributed by atoms with Gasteiger partial charge in [-0.05, 0) is 168 Å². The van der Waals surface area contributed by atoms with Crippen LogP contribution in [0.5, 0.6) is 0 Å². The monoisotopic (exact) mass is 1840 g/mol. The van der Waals surface area contributed by atoms with Gasteiger partial charge in [0.15, 0.2) is 0 Å². The van der Waals surface area contributed by atoms with E-state index >= 15 is 0 Å². The minimum absolute atomic E-state index is 0.0383. The summed E-state index contributed by atoms with van der Waals surface area (Å²) < 4.78 is 0. The molecular weight excluding hydrogens is 1700 g/mol. The lowest BCUT2D eigenvalue weighted by atomic mass is 9.97. The number of unbranched alkanes of at least 4 members (excludes halogenated alkanes) is 1. The van der Waals surface area contributed by atoms with E-state index in [2.05, 4.69) is 74.4 Å². The summed E-state index contributed by atoms with van der Waals surface area (Å²) in [5.41, 5.74) is 22.8. The van der Waals surface area contributed by atoms with E-state index in [0.29, 0.717) is 19.3 Å². The number of aliphatic carboxylic acids is 3. The predicted molar refractivity (Wildman–Crippen MR) is 475 cm³/mol. The second-order valence-electron chi connectivity index (χ2n) is 34.7. The van der Waals surface area contributed by atoms with Crippen LogP contribution in [-0.4, -0.2) is 273 Å². The van der Waals surface area contributed by atoms with E-state index in [9.17, 15) is 106 Å². The van der Waals surface area contributed by atoms with Crippen molar-refractivity contribution in [2.24, 2.45) is 64.4 Å². The van der Waals surface area contributed by atoms with Gasteiger partial charge in [-0.15, -0.1) is 0 Å². The summed E-state index contributed by atoms with van der Waals surface area (Å²) in [5.74, 6) is -21.2. The number of amides is 17. The molecule has 1 heterocycles. The summed E-state index contributed by atoms with van der Waals surface area (Å²) >= 11 is 2.53. The van der Waals surface area contributed by atoms with Crippen molar-refractivity contribution in [1.29, 1.82) is 0 Å². The average molecular weight is 1840 g/mol. The molecule has 0 aromatic rings. The van der Waals surface area contributed by atoms with Crippen molar-refractivity contribution in [1.82, 2.24) is 79.3 Å². The summed E-state index contributed by atoms with van der Waals surface area (Å²) in [7, 11) is 0. The second-order valence-corrected chi connectivity index (χ2v) is 36.7. The topological polar surface area (TPSA) is 678 Å². The Morgan fingerprint density at radius 2 is 0.756 bits per heavy atom. The highest BCUT2D eigenvalue weighted by molar-refractivity contribution is 7.98. The van der Waals surface area contributed by atoms with Crippen LogP contribution < -0.4 is 97.4 Å². The van der Waals surface area contributed by atoms with Crippen molar-refractivity contribution in [3.63, 3.8) is 0 Å². The summed E-state index contributed by atoms with van der Waals surface area (Å²) in [4.78, 5) is 274. The Labute approximate surface area is 752 Å². The van der Waals surface area contributed by atoms with Gasteiger partial charge < -0.3 is 118 Å². The first-order chi connectivity index (χ1) is 59.4. The smallest absolute Gasteiger partial charge is 0.326 e. The fourth-order valence-corrected chi connectivity index (χ4v) is 14.6. The third-order valence-corrected chi connectivity index (χ3v) is 22.0. The Bertz CT molecular complexity index is 3690. The number of likely N-dealkylation sites (tertiary alicyclic amines) is 1. The van der Waals surface area contributed by atoms with Crippen LogP contribution in [0.2, 0.25) is 0 Å². The third kappa shape index (κ3) is 45.0. The molecule has 16 atom stereocenters. The highest BCUT2D eigenvalue weighted by Crippen LogP contribution is 2.23. The number of hydrogen-bond acceptors (Lipinski definition) is 24. The van der Waals surface area contributed by atoms with Crippen molar-refractivity contribution < 1.29 is 111 Å². The van der Waals surface area contributed by atoms with Crippen molar-refractivity contribution in [2.45, 2.75) is 316 Å². The van der Waals surface area contributed by atoms with Gasteiger partial charge in [-0.3, -0.25) is 91.1 Å². The van der Waals surface area contributed by atoms with E-state index in [1.165, 1.54) is 28.4 Å². The van der Waals surface area contributed by atoms with Crippen LogP contribution in [0.1, 0.15) is 225 Å². The van der Waals surface area contributed by atoms with E-state index in [-0.39, 0.29) is 138 Å². The van der Waals surface area contributed by atoms with Gasteiger partial charge in [-0.25, -0.2) is 4.79 Å². The number of primary amides is 2. The lowest BCUT2D eigenvalue weighted by Crippen LogP contribution is -2.61. The van der Waals surface area contributed by atoms with Gasteiger partial charge in [-0.2, -0.15) is 23.5 Å². The molecule has 0 saturated carbocycles. The first-order valence-electron chi connectivity index (χ1n) is 43.6. The average Bonchev–Trinajstić information content (AvgIpc) is 1.69. The second kappa shape index (κ2) is 59.9. The van der Waals surface area contributed by atoms with Crippen molar-refractivity contribution in [3.8, 4) is 0 Å². The molecule has 25 N–H and O–H groups in total. The summed E-state index contributed by atoms with van der Waals surface area (Å²) in [5, 5.41) is 65.1. The molecule has 127 heavy (non-hydrogen) atoms. The number of carboxylic acid groups (broad SMARTS) is 3. The molecule has 0 aliphatic carbocycles. The minimum atomic E-state index is -1.92. The largest absolute Gasteiger partial charge is 0.481 e. The summed E-state index contributed by atoms with van der Waals surface area (Å²) in [6.45, 7) is 23.5. The van der Waals surface area contributed by atoms with Crippen LogP contribution in [0.15, 0.2) is 0 Å². The molecule has 722 valence electrons. The lowest BCUT2D eigenvalue weighted by Gasteiger charge is -2.31. The van der Waals surface area contributed by atoms with E-state index in [4.69, 9.17) is 28.0 Å². The van der Waals surface area contributed by atoms with Crippen molar-refractivity contribution in [3.05, 3.63) is 0 Å². The van der Waals surface area contributed by atoms with Gasteiger partial charge in [0.1, 0.15) is 84.6 Å². The highest BCUT2D eigenvalue weighted by Gasteiger charge is 2.43. The number of nitrogens with one attached hydrogen (secondary N) is 14. The number of carbonyl (C=O) groups excluding carboxylic acids is 17. The quantitative estimate of drug-likeness (QED) is 0.0300.